The molecule has 10 nitrogen and oxygen atoms in total. The molecule has 12 heteroatoms. The molecule has 294 valence electrons. The molecule has 0 saturated heterocycles. The molecule has 3 amide bonds. The molecular formula is C43H51F2N3O7. The number of aliphatic hydroxyl groups is 1. The summed E-state index contributed by atoms with van der Waals surface area (Å²) in [6.45, 7) is 7.26. The second kappa shape index (κ2) is 20.9. The molecule has 0 fully saturated rings. The predicted molar refractivity (Wildman–Crippen MR) is 205 cm³/mol. The summed E-state index contributed by atoms with van der Waals surface area (Å²) in [4.78, 5) is 39.7. The van der Waals surface area contributed by atoms with Gasteiger partial charge in [-0.3, -0.25) is 9.59 Å². The highest BCUT2D eigenvalue weighted by Crippen LogP contribution is 2.26. The van der Waals surface area contributed by atoms with Crippen LogP contribution in [-0.2, 0) is 45.3 Å². The maximum absolute atomic E-state index is 16.0. The molecule has 0 aliphatic rings. The third-order valence-corrected chi connectivity index (χ3v) is 8.98. The zero-order valence-corrected chi connectivity index (χ0v) is 31.6. The number of ether oxygens (including phenoxy) is 3. The molecule has 0 unspecified atom stereocenters. The van der Waals surface area contributed by atoms with Crippen molar-refractivity contribution in [1.29, 1.82) is 0 Å². The molecule has 4 atom stereocenters. The number of rotatable bonds is 20. The lowest BCUT2D eigenvalue weighted by Gasteiger charge is -2.33. The standard InChI is InChI=1S/C43H51F2N3O7/c1-29(2)37(28-53-25-32-14-8-5-9-15-32)47-41(51)43(44,45)39(49)36(24-31-20-22-35(23-21-31)54-26-33-16-10-6-11-17-33)46-40(50)38(30(3)4)48-42(52)55-27-34-18-12-7-13-19-34/h5-23,29-30,36-39,49H,24-28H2,1-4H3,(H,46,50)(H,47,51)(H,48,52)/t36-,37-,38-,39-/m0/s1. The lowest BCUT2D eigenvalue weighted by Crippen LogP contribution is -2.62. The number of carbonyl (C=O) groups excluding carboxylic acids is 3. The summed E-state index contributed by atoms with van der Waals surface area (Å²) in [5.74, 6) is -7.18. The van der Waals surface area contributed by atoms with Crippen molar-refractivity contribution in [3.63, 3.8) is 0 Å². The van der Waals surface area contributed by atoms with E-state index in [1.165, 1.54) is 0 Å². The summed E-state index contributed by atoms with van der Waals surface area (Å²) in [7, 11) is 0. The monoisotopic (exact) mass is 759 g/mol. The fourth-order valence-electron chi connectivity index (χ4n) is 5.59. The van der Waals surface area contributed by atoms with Crippen LogP contribution in [0.15, 0.2) is 115 Å². The Labute approximate surface area is 321 Å². The Morgan fingerprint density at radius 3 is 1.69 bits per heavy atom. The molecule has 0 heterocycles. The highest BCUT2D eigenvalue weighted by atomic mass is 19.3. The Morgan fingerprint density at radius 1 is 0.636 bits per heavy atom. The van der Waals surface area contributed by atoms with E-state index in [1.807, 2.05) is 66.7 Å². The quantitative estimate of drug-likeness (QED) is 0.0798. The highest BCUT2D eigenvalue weighted by Gasteiger charge is 2.51. The van der Waals surface area contributed by atoms with E-state index in [2.05, 4.69) is 16.0 Å². The van der Waals surface area contributed by atoms with Crippen molar-refractivity contribution >= 4 is 17.9 Å². The van der Waals surface area contributed by atoms with E-state index in [1.54, 1.807) is 76.2 Å². The van der Waals surface area contributed by atoms with E-state index < -0.39 is 54.0 Å². The van der Waals surface area contributed by atoms with Gasteiger partial charge >= 0.3 is 12.0 Å². The number of alkyl halides is 2. The summed E-state index contributed by atoms with van der Waals surface area (Å²) in [6.07, 6.45) is -3.84. The minimum absolute atomic E-state index is 0.0502. The first-order valence-electron chi connectivity index (χ1n) is 18.3. The van der Waals surface area contributed by atoms with Gasteiger partial charge in [0, 0.05) is 0 Å². The van der Waals surface area contributed by atoms with Crippen molar-refractivity contribution in [3.05, 3.63) is 138 Å². The SMILES string of the molecule is CC(C)[C@H](COCc1ccccc1)NC(=O)C(F)(F)[C@@H](O)[C@H](Cc1ccc(OCc2ccccc2)cc1)NC(=O)[C@@H](NC(=O)OCc1ccccc1)C(C)C. The number of carbonyl (C=O) groups is 3. The van der Waals surface area contributed by atoms with Gasteiger partial charge in [-0.05, 0) is 52.6 Å². The van der Waals surface area contributed by atoms with Crippen molar-refractivity contribution in [2.75, 3.05) is 6.61 Å². The fourth-order valence-corrected chi connectivity index (χ4v) is 5.59. The Morgan fingerprint density at radius 2 is 1.16 bits per heavy atom. The van der Waals surface area contributed by atoms with Gasteiger partial charge in [0.25, 0.3) is 5.91 Å². The fraction of sp³-hybridized carbons (Fsp3) is 0.372. The van der Waals surface area contributed by atoms with Crippen LogP contribution in [0.3, 0.4) is 0 Å². The molecule has 4 rings (SSSR count). The molecule has 0 bridgehead atoms. The summed E-state index contributed by atoms with van der Waals surface area (Å²) >= 11 is 0. The Kier molecular flexibility index (Phi) is 16.1. The lowest BCUT2D eigenvalue weighted by molar-refractivity contribution is -0.169. The van der Waals surface area contributed by atoms with Crippen molar-refractivity contribution in [2.24, 2.45) is 11.8 Å². The second-order valence-corrected chi connectivity index (χ2v) is 14.1. The Bertz CT molecular complexity index is 1760. The normalized spacial score (nSPS) is 13.7. The van der Waals surface area contributed by atoms with Gasteiger partial charge in [0.05, 0.1) is 25.3 Å². The highest BCUT2D eigenvalue weighted by molar-refractivity contribution is 5.87. The number of nitrogens with one attached hydrogen (secondary N) is 3. The van der Waals surface area contributed by atoms with Crippen molar-refractivity contribution in [3.8, 4) is 5.75 Å². The van der Waals surface area contributed by atoms with Crippen LogP contribution in [0.25, 0.3) is 0 Å². The molecule has 4 aromatic rings. The van der Waals surface area contributed by atoms with E-state index >= 15 is 8.78 Å². The van der Waals surface area contributed by atoms with E-state index in [9.17, 15) is 19.5 Å². The molecule has 4 aromatic carbocycles. The minimum atomic E-state index is -4.35. The van der Waals surface area contributed by atoms with E-state index in [-0.39, 0.29) is 32.2 Å². The predicted octanol–water partition coefficient (Wildman–Crippen LogP) is 6.60. The number of alkyl carbamates (subject to hydrolysis) is 1. The maximum Gasteiger partial charge on any atom is 0.408 e. The van der Waals surface area contributed by atoms with Crippen LogP contribution in [0.5, 0.6) is 5.75 Å². The average Bonchev–Trinajstić information content (AvgIpc) is 3.18. The first kappa shape index (κ1) is 42.4. The van der Waals surface area contributed by atoms with Crippen molar-refractivity contribution < 1.29 is 42.5 Å². The van der Waals surface area contributed by atoms with Crippen LogP contribution < -0.4 is 20.7 Å². The van der Waals surface area contributed by atoms with Gasteiger partial charge in [0.1, 0.15) is 31.1 Å². The number of benzene rings is 4. The van der Waals surface area contributed by atoms with Crippen LogP contribution in [-0.4, -0.2) is 59.8 Å². The van der Waals surface area contributed by atoms with Crippen LogP contribution in [0.1, 0.15) is 49.9 Å². The van der Waals surface area contributed by atoms with Gasteiger partial charge in [-0.2, -0.15) is 8.78 Å². The first-order valence-corrected chi connectivity index (χ1v) is 18.3. The van der Waals surface area contributed by atoms with E-state index in [4.69, 9.17) is 14.2 Å². The van der Waals surface area contributed by atoms with E-state index in [0.29, 0.717) is 17.9 Å². The second-order valence-electron chi connectivity index (χ2n) is 14.1. The van der Waals surface area contributed by atoms with Gasteiger partial charge in [-0.15, -0.1) is 0 Å². The number of aliphatic hydroxyl groups excluding tert-OH is 1. The van der Waals surface area contributed by atoms with Gasteiger partial charge in [-0.1, -0.05) is 131 Å². The summed E-state index contributed by atoms with van der Waals surface area (Å²) in [5, 5.41) is 18.6. The summed E-state index contributed by atoms with van der Waals surface area (Å²) in [5.41, 5.74) is 3.03. The van der Waals surface area contributed by atoms with Crippen LogP contribution >= 0.6 is 0 Å². The van der Waals surface area contributed by atoms with Crippen LogP contribution in [0, 0.1) is 11.8 Å². The van der Waals surface area contributed by atoms with Gasteiger partial charge in [0.2, 0.25) is 5.91 Å². The third kappa shape index (κ3) is 13.5. The van der Waals surface area contributed by atoms with Crippen LogP contribution in [0.2, 0.25) is 0 Å². The lowest BCUT2D eigenvalue weighted by atomic mass is 9.94. The van der Waals surface area contributed by atoms with Crippen molar-refractivity contribution in [1.82, 2.24) is 16.0 Å². The molecular weight excluding hydrogens is 708 g/mol. The third-order valence-electron chi connectivity index (χ3n) is 8.98. The molecule has 0 aliphatic carbocycles. The first-order chi connectivity index (χ1) is 26.3. The summed E-state index contributed by atoms with van der Waals surface area (Å²) < 4.78 is 48.9. The van der Waals surface area contributed by atoms with Gasteiger partial charge < -0.3 is 35.3 Å². The molecule has 0 aromatic heterocycles. The largest absolute Gasteiger partial charge is 0.489 e. The van der Waals surface area contributed by atoms with Crippen molar-refractivity contribution in [2.45, 2.75) is 84.1 Å². The number of hydrogen-bond acceptors (Lipinski definition) is 7. The van der Waals surface area contributed by atoms with Crippen LogP contribution in [0.4, 0.5) is 13.6 Å². The summed E-state index contributed by atoms with van der Waals surface area (Å²) in [6, 6.07) is 30.6. The zero-order valence-electron chi connectivity index (χ0n) is 31.6. The topological polar surface area (TPSA) is 135 Å². The molecule has 55 heavy (non-hydrogen) atoms. The average molecular weight is 760 g/mol. The zero-order chi connectivity index (χ0) is 39.8. The molecule has 4 N–H and O–H groups in total. The number of amides is 3. The maximum atomic E-state index is 16.0. The van der Waals surface area contributed by atoms with E-state index in [0.717, 1.165) is 16.7 Å². The molecule has 0 aliphatic heterocycles. The number of halogens is 2. The van der Waals surface area contributed by atoms with Gasteiger partial charge in [-0.25, -0.2) is 4.79 Å². The Hall–Kier alpha value is -5.33. The molecule has 0 spiro atoms. The molecule has 0 radical (unpaired) electrons. The smallest absolute Gasteiger partial charge is 0.408 e. The van der Waals surface area contributed by atoms with Gasteiger partial charge in [0.15, 0.2) is 0 Å². The minimum Gasteiger partial charge on any atom is -0.489 e. The Balaban J connectivity index is 1.49. The molecule has 0 saturated carbocycles. The number of hydrogen-bond donors (Lipinski definition) is 4.